The Bertz CT molecular complexity index is 998. The van der Waals surface area contributed by atoms with Gasteiger partial charge < -0.3 is 9.47 Å². The van der Waals surface area contributed by atoms with Crippen molar-refractivity contribution in [1.29, 1.82) is 0 Å². The Morgan fingerprint density at radius 2 is 1.50 bits per heavy atom. The number of fused-ring (bicyclic) bond motifs is 1. The van der Waals surface area contributed by atoms with Crippen LogP contribution < -0.4 is 14.2 Å². The van der Waals surface area contributed by atoms with E-state index in [-0.39, 0.29) is 16.3 Å². The van der Waals surface area contributed by atoms with E-state index in [4.69, 9.17) is 9.47 Å². The highest BCUT2D eigenvalue weighted by molar-refractivity contribution is 7.90. The van der Waals surface area contributed by atoms with Crippen LogP contribution in [0.5, 0.6) is 11.5 Å². The van der Waals surface area contributed by atoms with E-state index in [9.17, 15) is 16.8 Å². The lowest BCUT2D eigenvalue weighted by Crippen LogP contribution is -2.26. The molecule has 3 rings (SSSR count). The Labute approximate surface area is 152 Å². The van der Waals surface area contributed by atoms with Gasteiger partial charge in [0.05, 0.1) is 9.79 Å². The van der Waals surface area contributed by atoms with Crippen LogP contribution in [0.2, 0.25) is 0 Å². The van der Waals surface area contributed by atoms with Crippen molar-refractivity contribution in [2.24, 2.45) is 0 Å². The van der Waals surface area contributed by atoms with E-state index in [1.165, 1.54) is 24.3 Å². The highest BCUT2D eigenvalue weighted by Crippen LogP contribution is 2.30. The summed E-state index contributed by atoms with van der Waals surface area (Å²) in [5.41, 5.74) is 0.921. The molecule has 0 spiro atoms. The van der Waals surface area contributed by atoms with Crippen molar-refractivity contribution < 1.29 is 26.3 Å². The first kappa shape index (κ1) is 18.7. The second kappa shape index (κ2) is 7.26. The van der Waals surface area contributed by atoms with E-state index in [0.717, 1.165) is 11.8 Å². The minimum atomic E-state index is -3.71. The number of sulfonamides is 1. The molecule has 1 aliphatic rings. The molecule has 0 radical (unpaired) electrons. The second-order valence-corrected chi connectivity index (χ2v) is 9.65. The van der Waals surface area contributed by atoms with Gasteiger partial charge in [0, 0.05) is 12.8 Å². The van der Waals surface area contributed by atoms with Crippen molar-refractivity contribution >= 4 is 19.9 Å². The number of ether oxygens (including phenoxy) is 2. The molecular weight excluding hydrogens is 378 g/mol. The summed E-state index contributed by atoms with van der Waals surface area (Å²) < 4.78 is 61.0. The quantitative estimate of drug-likeness (QED) is 0.791. The van der Waals surface area contributed by atoms with E-state index < -0.39 is 19.9 Å². The summed E-state index contributed by atoms with van der Waals surface area (Å²) in [5.74, 6) is 1.35. The van der Waals surface area contributed by atoms with Crippen LogP contribution in [0.4, 0.5) is 0 Å². The van der Waals surface area contributed by atoms with E-state index >= 15 is 0 Å². The molecule has 1 N–H and O–H groups in total. The Morgan fingerprint density at radius 3 is 2.15 bits per heavy atom. The van der Waals surface area contributed by atoms with Crippen molar-refractivity contribution in [3.05, 3.63) is 48.0 Å². The molecule has 2 aromatic carbocycles. The van der Waals surface area contributed by atoms with Gasteiger partial charge in [0.2, 0.25) is 10.0 Å². The summed E-state index contributed by atoms with van der Waals surface area (Å²) in [6, 6.07) is 10.6. The summed E-state index contributed by atoms with van der Waals surface area (Å²) in [7, 11) is -7.07. The third-order valence-electron chi connectivity index (χ3n) is 3.87. The van der Waals surface area contributed by atoms with Gasteiger partial charge in [-0.3, -0.25) is 0 Å². The largest absolute Gasteiger partial charge is 0.486 e. The Morgan fingerprint density at radius 1 is 0.885 bits per heavy atom. The number of sulfone groups is 1. The molecule has 26 heavy (non-hydrogen) atoms. The molecule has 0 saturated carbocycles. The van der Waals surface area contributed by atoms with Crippen molar-refractivity contribution in [1.82, 2.24) is 4.72 Å². The Hall–Kier alpha value is -2.10. The maximum atomic E-state index is 12.3. The van der Waals surface area contributed by atoms with Gasteiger partial charge in [-0.2, -0.15) is 0 Å². The molecule has 0 atom stereocenters. The first-order chi connectivity index (χ1) is 12.3. The molecule has 0 bridgehead atoms. The van der Waals surface area contributed by atoms with Crippen molar-refractivity contribution in [3.63, 3.8) is 0 Å². The summed E-state index contributed by atoms with van der Waals surface area (Å²) in [6.07, 6.45) is 1.55. The average Bonchev–Trinajstić information content (AvgIpc) is 2.61. The zero-order valence-electron chi connectivity index (χ0n) is 14.1. The summed E-state index contributed by atoms with van der Waals surface area (Å²) in [5, 5.41) is 0. The fourth-order valence-electron chi connectivity index (χ4n) is 2.52. The molecule has 1 aliphatic heterocycles. The van der Waals surface area contributed by atoms with E-state index in [2.05, 4.69) is 4.72 Å². The number of hydrogen-bond donors (Lipinski definition) is 1. The van der Waals surface area contributed by atoms with Crippen molar-refractivity contribution in [3.8, 4) is 11.5 Å². The van der Waals surface area contributed by atoms with Crippen LogP contribution in [0.15, 0.2) is 52.3 Å². The standard InChI is InChI=1S/C17H19NO6S2/c1-25(19,20)14-3-5-15(6-4-14)26(21,22)18-9-8-13-2-7-16-17(12-13)24-11-10-23-16/h2-7,12,18H,8-11H2,1H3. The van der Waals surface area contributed by atoms with Crippen LogP contribution in [0.25, 0.3) is 0 Å². The minimum Gasteiger partial charge on any atom is -0.486 e. The van der Waals surface area contributed by atoms with Gasteiger partial charge in [-0.05, 0) is 48.4 Å². The SMILES string of the molecule is CS(=O)(=O)c1ccc(S(=O)(=O)NCCc2ccc3c(c2)OCCO3)cc1. The summed E-state index contributed by atoms with van der Waals surface area (Å²) in [6.45, 7) is 1.21. The molecule has 140 valence electrons. The molecule has 7 nitrogen and oxygen atoms in total. The van der Waals surface area contributed by atoms with E-state index in [1.54, 1.807) is 0 Å². The van der Waals surface area contributed by atoms with Gasteiger partial charge in [0.25, 0.3) is 0 Å². The number of benzene rings is 2. The molecule has 2 aromatic rings. The van der Waals surface area contributed by atoms with Crippen LogP contribution in [0.3, 0.4) is 0 Å². The first-order valence-electron chi connectivity index (χ1n) is 7.94. The lowest BCUT2D eigenvalue weighted by Gasteiger charge is -2.18. The summed E-state index contributed by atoms with van der Waals surface area (Å²) in [4.78, 5) is 0.0970. The fraction of sp³-hybridized carbons (Fsp3) is 0.294. The number of hydrogen-bond acceptors (Lipinski definition) is 6. The Kier molecular flexibility index (Phi) is 5.22. The van der Waals surface area contributed by atoms with Crippen LogP contribution >= 0.6 is 0 Å². The molecule has 0 unspecified atom stereocenters. The lowest BCUT2D eigenvalue weighted by molar-refractivity contribution is 0.171. The number of nitrogens with one attached hydrogen (secondary N) is 1. The van der Waals surface area contributed by atoms with E-state index in [1.807, 2.05) is 18.2 Å². The predicted molar refractivity (Wildman–Crippen MR) is 95.9 cm³/mol. The zero-order chi connectivity index (χ0) is 18.8. The molecule has 1 heterocycles. The third-order valence-corrected chi connectivity index (χ3v) is 6.48. The monoisotopic (exact) mass is 397 g/mol. The van der Waals surface area contributed by atoms with E-state index in [0.29, 0.717) is 31.1 Å². The molecule has 0 amide bonds. The minimum absolute atomic E-state index is 0.0204. The van der Waals surface area contributed by atoms with Crippen molar-refractivity contribution in [2.75, 3.05) is 26.0 Å². The smallest absolute Gasteiger partial charge is 0.240 e. The van der Waals surface area contributed by atoms with Crippen LogP contribution in [0, 0.1) is 0 Å². The average molecular weight is 397 g/mol. The first-order valence-corrected chi connectivity index (χ1v) is 11.3. The zero-order valence-corrected chi connectivity index (χ0v) is 15.8. The topological polar surface area (TPSA) is 98.8 Å². The molecule has 0 fully saturated rings. The van der Waals surface area contributed by atoms with Crippen molar-refractivity contribution in [2.45, 2.75) is 16.2 Å². The molecule has 0 aromatic heterocycles. The van der Waals surface area contributed by atoms with Crippen LogP contribution in [0.1, 0.15) is 5.56 Å². The molecular formula is C17H19NO6S2. The van der Waals surface area contributed by atoms with Crippen LogP contribution in [-0.4, -0.2) is 42.8 Å². The normalized spacial score (nSPS) is 14.2. The lowest BCUT2D eigenvalue weighted by atomic mass is 10.1. The highest BCUT2D eigenvalue weighted by Gasteiger charge is 2.16. The Balaban J connectivity index is 1.63. The van der Waals surface area contributed by atoms with Gasteiger partial charge in [0.15, 0.2) is 21.3 Å². The maximum absolute atomic E-state index is 12.3. The van der Waals surface area contributed by atoms with Gasteiger partial charge >= 0.3 is 0 Å². The predicted octanol–water partition coefficient (Wildman–Crippen LogP) is 1.38. The van der Waals surface area contributed by atoms with Gasteiger partial charge in [-0.1, -0.05) is 6.07 Å². The van der Waals surface area contributed by atoms with Gasteiger partial charge in [-0.15, -0.1) is 0 Å². The molecule has 9 heteroatoms. The van der Waals surface area contributed by atoms with Gasteiger partial charge in [-0.25, -0.2) is 21.6 Å². The summed E-state index contributed by atoms with van der Waals surface area (Å²) >= 11 is 0. The van der Waals surface area contributed by atoms with Gasteiger partial charge in [0.1, 0.15) is 13.2 Å². The maximum Gasteiger partial charge on any atom is 0.240 e. The second-order valence-electron chi connectivity index (χ2n) is 5.87. The molecule has 0 saturated heterocycles. The highest BCUT2D eigenvalue weighted by atomic mass is 32.2. The third kappa shape index (κ3) is 4.35. The van der Waals surface area contributed by atoms with Crippen LogP contribution in [-0.2, 0) is 26.3 Å². The fourth-order valence-corrected chi connectivity index (χ4v) is 4.18. The number of rotatable bonds is 6. The molecule has 0 aliphatic carbocycles.